The number of amides is 1. The van der Waals surface area contributed by atoms with Crippen molar-refractivity contribution in [2.24, 2.45) is 5.73 Å². The number of carbonyl (C=O) groups is 2. The fourth-order valence-corrected chi connectivity index (χ4v) is 1.44. The maximum Gasteiger partial charge on any atom is 0.326 e. The van der Waals surface area contributed by atoms with Crippen LogP contribution in [-0.2, 0) is 19.1 Å². The number of carboxylic acid groups (broad SMARTS) is 1. The molecule has 5 N–H and O–H groups in total. The summed E-state index contributed by atoms with van der Waals surface area (Å²) in [4.78, 5) is 22.4. The number of hydrogen-bond acceptors (Lipinski definition) is 6. The van der Waals surface area contributed by atoms with Crippen molar-refractivity contribution in [2.45, 2.75) is 25.3 Å². The predicted octanol–water partition coefficient (Wildman–Crippen LogP) is -1.29. The number of unbranched alkanes of at least 4 members (excludes halogenated alkanes) is 1. The number of rotatable bonds is 13. The molecule has 8 nitrogen and oxygen atoms in total. The minimum absolute atomic E-state index is 0.0659. The fraction of sp³-hybridized carbons (Fsp3) is 0.833. The number of carboxylic acids is 1. The van der Waals surface area contributed by atoms with E-state index in [1.54, 1.807) is 0 Å². The van der Waals surface area contributed by atoms with Crippen LogP contribution >= 0.6 is 0 Å². The van der Waals surface area contributed by atoms with Crippen LogP contribution in [0, 0.1) is 0 Å². The lowest BCUT2D eigenvalue weighted by molar-refractivity contribution is -0.142. The van der Waals surface area contributed by atoms with Gasteiger partial charge >= 0.3 is 5.97 Å². The summed E-state index contributed by atoms with van der Waals surface area (Å²) in [6, 6.07) is -0.914. The van der Waals surface area contributed by atoms with Gasteiger partial charge in [0.2, 0.25) is 5.91 Å². The molecular weight excluding hydrogens is 268 g/mol. The van der Waals surface area contributed by atoms with Crippen molar-refractivity contribution >= 4 is 11.9 Å². The minimum Gasteiger partial charge on any atom is -0.480 e. The number of nitrogens with two attached hydrogens (primary N) is 1. The van der Waals surface area contributed by atoms with Gasteiger partial charge in [-0.1, -0.05) is 0 Å². The van der Waals surface area contributed by atoms with E-state index in [9.17, 15) is 9.59 Å². The second-order valence-corrected chi connectivity index (χ2v) is 4.13. The van der Waals surface area contributed by atoms with Crippen LogP contribution in [0.25, 0.3) is 0 Å². The van der Waals surface area contributed by atoms with Gasteiger partial charge in [0.25, 0.3) is 0 Å². The van der Waals surface area contributed by atoms with Crippen LogP contribution in [0.15, 0.2) is 0 Å². The Morgan fingerprint density at radius 2 is 1.85 bits per heavy atom. The second-order valence-electron chi connectivity index (χ2n) is 4.13. The molecule has 0 rings (SSSR count). The number of aliphatic carboxylic acids is 1. The van der Waals surface area contributed by atoms with Crippen molar-refractivity contribution in [3.05, 3.63) is 0 Å². The van der Waals surface area contributed by atoms with Crippen LogP contribution in [0.5, 0.6) is 0 Å². The molecule has 118 valence electrons. The molecule has 0 aliphatic heterocycles. The summed E-state index contributed by atoms with van der Waals surface area (Å²) in [7, 11) is 0. The van der Waals surface area contributed by atoms with E-state index in [0.717, 1.165) is 6.42 Å². The smallest absolute Gasteiger partial charge is 0.326 e. The first-order chi connectivity index (χ1) is 9.61. The average Bonchev–Trinajstić information content (AvgIpc) is 2.41. The summed E-state index contributed by atoms with van der Waals surface area (Å²) in [6.45, 7) is 0.910. The zero-order valence-electron chi connectivity index (χ0n) is 11.5. The third kappa shape index (κ3) is 10.7. The molecule has 20 heavy (non-hydrogen) atoms. The Morgan fingerprint density at radius 3 is 2.45 bits per heavy atom. The van der Waals surface area contributed by atoms with Crippen molar-refractivity contribution in [1.29, 1.82) is 0 Å². The Balaban J connectivity index is 3.75. The Kier molecular flexibility index (Phi) is 12.0. The van der Waals surface area contributed by atoms with Gasteiger partial charge in [-0.2, -0.15) is 0 Å². The molecule has 1 unspecified atom stereocenters. The molecule has 1 atom stereocenters. The first-order valence-corrected chi connectivity index (χ1v) is 6.60. The number of ether oxygens (including phenoxy) is 2. The van der Waals surface area contributed by atoms with Gasteiger partial charge in [-0.05, 0) is 25.8 Å². The Labute approximate surface area is 118 Å². The third-order valence-corrected chi connectivity index (χ3v) is 2.42. The maximum absolute atomic E-state index is 11.5. The predicted molar refractivity (Wildman–Crippen MR) is 71.2 cm³/mol. The van der Waals surface area contributed by atoms with Crippen molar-refractivity contribution < 1.29 is 29.3 Å². The lowest BCUT2D eigenvalue weighted by atomic mass is 10.1. The SMILES string of the molecule is NCCCCC(NC(=O)COCCOCCO)C(=O)O. The normalized spacial score (nSPS) is 12.1. The Morgan fingerprint density at radius 1 is 1.15 bits per heavy atom. The summed E-state index contributed by atoms with van der Waals surface area (Å²) in [5.74, 6) is -1.55. The van der Waals surface area contributed by atoms with Crippen molar-refractivity contribution in [3.8, 4) is 0 Å². The number of hydrogen-bond donors (Lipinski definition) is 4. The summed E-state index contributed by atoms with van der Waals surface area (Å²) >= 11 is 0. The van der Waals surface area contributed by atoms with Gasteiger partial charge in [0.05, 0.1) is 26.4 Å². The van der Waals surface area contributed by atoms with Gasteiger partial charge in [-0.25, -0.2) is 4.79 Å². The zero-order valence-corrected chi connectivity index (χ0v) is 11.5. The molecule has 8 heteroatoms. The van der Waals surface area contributed by atoms with E-state index in [4.69, 9.17) is 25.4 Å². The average molecular weight is 292 g/mol. The Bertz CT molecular complexity index is 275. The molecule has 0 bridgehead atoms. The van der Waals surface area contributed by atoms with E-state index in [1.807, 2.05) is 0 Å². The fourth-order valence-electron chi connectivity index (χ4n) is 1.44. The minimum atomic E-state index is -1.07. The first-order valence-electron chi connectivity index (χ1n) is 6.60. The van der Waals surface area contributed by atoms with Gasteiger partial charge in [-0.3, -0.25) is 4.79 Å². The molecule has 0 saturated heterocycles. The highest BCUT2D eigenvalue weighted by molar-refractivity contribution is 5.84. The monoisotopic (exact) mass is 292 g/mol. The molecule has 1 amide bonds. The highest BCUT2D eigenvalue weighted by Gasteiger charge is 2.19. The van der Waals surface area contributed by atoms with E-state index in [-0.39, 0.29) is 33.0 Å². The summed E-state index contributed by atoms with van der Waals surface area (Å²) in [6.07, 6.45) is 1.71. The highest BCUT2D eigenvalue weighted by Crippen LogP contribution is 2.00. The van der Waals surface area contributed by atoms with Crippen molar-refractivity contribution in [1.82, 2.24) is 5.32 Å². The summed E-state index contributed by atoms with van der Waals surface area (Å²) < 4.78 is 9.95. The van der Waals surface area contributed by atoms with Crippen LogP contribution in [0.3, 0.4) is 0 Å². The highest BCUT2D eigenvalue weighted by atomic mass is 16.5. The largest absolute Gasteiger partial charge is 0.480 e. The van der Waals surface area contributed by atoms with Crippen LogP contribution in [-0.4, -0.2) is 67.7 Å². The molecule has 0 aromatic heterocycles. The van der Waals surface area contributed by atoms with E-state index < -0.39 is 17.9 Å². The molecule has 0 aliphatic rings. The molecule has 0 saturated carbocycles. The number of aliphatic hydroxyl groups is 1. The molecule has 0 heterocycles. The molecule has 0 fully saturated rings. The first kappa shape index (κ1) is 18.8. The Hall–Kier alpha value is -1.22. The molecule has 0 aliphatic carbocycles. The van der Waals surface area contributed by atoms with Crippen molar-refractivity contribution in [3.63, 3.8) is 0 Å². The molecule has 0 aromatic carbocycles. The van der Waals surface area contributed by atoms with Gasteiger partial charge in [0.15, 0.2) is 0 Å². The molecule has 0 radical (unpaired) electrons. The van der Waals surface area contributed by atoms with Gasteiger partial charge in [0.1, 0.15) is 12.6 Å². The third-order valence-electron chi connectivity index (χ3n) is 2.42. The van der Waals surface area contributed by atoms with Crippen LogP contribution < -0.4 is 11.1 Å². The number of carbonyl (C=O) groups excluding carboxylic acids is 1. The number of aliphatic hydroxyl groups excluding tert-OH is 1. The molecular formula is C12H24N2O6. The van der Waals surface area contributed by atoms with Gasteiger partial charge in [-0.15, -0.1) is 0 Å². The zero-order chi connectivity index (χ0) is 15.2. The van der Waals surface area contributed by atoms with Gasteiger partial charge in [0, 0.05) is 0 Å². The topological polar surface area (TPSA) is 131 Å². The van der Waals surface area contributed by atoms with Crippen LogP contribution in [0.2, 0.25) is 0 Å². The molecule has 0 aromatic rings. The quantitative estimate of drug-likeness (QED) is 0.311. The lowest BCUT2D eigenvalue weighted by Gasteiger charge is -2.14. The van der Waals surface area contributed by atoms with Crippen LogP contribution in [0.1, 0.15) is 19.3 Å². The van der Waals surface area contributed by atoms with E-state index >= 15 is 0 Å². The van der Waals surface area contributed by atoms with E-state index in [1.165, 1.54) is 0 Å². The van der Waals surface area contributed by atoms with E-state index in [2.05, 4.69) is 5.32 Å². The standard InChI is InChI=1S/C12H24N2O6/c13-4-2-1-3-10(12(17)18)14-11(16)9-20-8-7-19-6-5-15/h10,15H,1-9,13H2,(H,14,16)(H,17,18). The van der Waals surface area contributed by atoms with Crippen LogP contribution in [0.4, 0.5) is 0 Å². The number of nitrogens with one attached hydrogen (secondary N) is 1. The second kappa shape index (κ2) is 12.8. The summed E-state index contributed by atoms with van der Waals surface area (Å²) in [5.41, 5.74) is 5.33. The molecule has 0 spiro atoms. The van der Waals surface area contributed by atoms with E-state index in [0.29, 0.717) is 19.4 Å². The van der Waals surface area contributed by atoms with Gasteiger partial charge < -0.3 is 30.7 Å². The van der Waals surface area contributed by atoms with Crippen molar-refractivity contribution in [2.75, 3.05) is 39.6 Å². The lowest BCUT2D eigenvalue weighted by Crippen LogP contribution is -2.42. The maximum atomic E-state index is 11.5. The summed E-state index contributed by atoms with van der Waals surface area (Å²) in [5, 5.41) is 19.8.